The third kappa shape index (κ3) is 3.03. The highest BCUT2D eigenvalue weighted by atomic mass is 32.1. The van der Waals surface area contributed by atoms with E-state index >= 15 is 0 Å². The van der Waals surface area contributed by atoms with Crippen LogP contribution in [0.4, 0.5) is 15.2 Å². The van der Waals surface area contributed by atoms with Gasteiger partial charge in [0.15, 0.2) is 5.82 Å². The zero-order chi connectivity index (χ0) is 17.4. The highest BCUT2D eigenvalue weighted by Crippen LogP contribution is 2.28. The van der Waals surface area contributed by atoms with Crippen molar-refractivity contribution in [1.29, 1.82) is 0 Å². The maximum Gasteiger partial charge on any atom is 0.236 e. The fraction of sp³-hybridized carbons (Fsp3) is 0.118. The molecule has 0 aliphatic rings. The summed E-state index contributed by atoms with van der Waals surface area (Å²) >= 11 is 1.34. The van der Waals surface area contributed by atoms with Crippen LogP contribution in [-0.4, -0.2) is 24.9 Å². The molecule has 0 saturated heterocycles. The molecule has 1 unspecified atom stereocenters. The number of aromatic hydroxyl groups is 1. The second-order valence-corrected chi connectivity index (χ2v) is 6.56. The molecule has 2 heterocycles. The van der Waals surface area contributed by atoms with E-state index < -0.39 is 0 Å². The molecule has 0 fully saturated rings. The van der Waals surface area contributed by atoms with Gasteiger partial charge in [0.05, 0.1) is 0 Å². The Morgan fingerprint density at radius 1 is 1.16 bits per heavy atom. The molecule has 25 heavy (non-hydrogen) atoms. The number of aromatic nitrogens is 4. The maximum atomic E-state index is 13.3. The van der Waals surface area contributed by atoms with Gasteiger partial charge in [0.2, 0.25) is 10.1 Å². The number of phenolic OH excluding ortho intramolecular Hbond substituents is 1. The van der Waals surface area contributed by atoms with Crippen molar-refractivity contribution in [3.05, 3.63) is 65.7 Å². The van der Waals surface area contributed by atoms with Crippen LogP contribution >= 0.6 is 11.3 Å². The molecule has 2 aromatic carbocycles. The first-order valence-electron chi connectivity index (χ1n) is 7.64. The van der Waals surface area contributed by atoms with Gasteiger partial charge in [-0.3, -0.25) is 0 Å². The number of rotatable bonds is 4. The number of anilines is 2. The van der Waals surface area contributed by atoms with Crippen LogP contribution in [0.3, 0.4) is 0 Å². The monoisotopic (exact) mass is 355 g/mol. The van der Waals surface area contributed by atoms with Gasteiger partial charge in [-0.25, -0.2) is 4.39 Å². The van der Waals surface area contributed by atoms with Crippen molar-refractivity contribution in [2.24, 2.45) is 0 Å². The summed E-state index contributed by atoms with van der Waals surface area (Å²) in [6.07, 6.45) is 0. The van der Waals surface area contributed by atoms with Gasteiger partial charge in [-0.05, 0) is 35.9 Å². The molecule has 2 aromatic heterocycles. The molecule has 0 radical (unpaired) electrons. The summed E-state index contributed by atoms with van der Waals surface area (Å²) in [5.74, 6) is 0.566. The van der Waals surface area contributed by atoms with Crippen molar-refractivity contribution in [3.63, 3.8) is 0 Å². The highest BCUT2D eigenvalue weighted by molar-refractivity contribution is 7.20. The average molecular weight is 355 g/mol. The quantitative estimate of drug-likeness (QED) is 0.580. The van der Waals surface area contributed by atoms with Crippen LogP contribution in [0.1, 0.15) is 24.2 Å². The van der Waals surface area contributed by atoms with Gasteiger partial charge < -0.3 is 10.4 Å². The lowest BCUT2D eigenvalue weighted by molar-refractivity contribution is 0.475. The minimum Gasteiger partial charge on any atom is -0.508 e. The Kier molecular flexibility index (Phi) is 3.81. The Labute approximate surface area is 146 Å². The summed E-state index contributed by atoms with van der Waals surface area (Å²) < 4.78 is 15.0. The third-order valence-corrected chi connectivity index (χ3v) is 4.69. The topological polar surface area (TPSA) is 75.3 Å². The van der Waals surface area contributed by atoms with E-state index in [9.17, 15) is 9.50 Å². The zero-order valence-electron chi connectivity index (χ0n) is 13.2. The Hall–Kier alpha value is -3.00. The fourth-order valence-corrected chi connectivity index (χ4v) is 3.32. The molecule has 8 heteroatoms. The largest absolute Gasteiger partial charge is 0.508 e. The molecule has 126 valence electrons. The molecule has 0 aliphatic heterocycles. The Morgan fingerprint density at radius 2 is 1.96 bits per heavy atom. The van der Waals surface area contributed by atoms with E-state index in [0.29, 0.717) is 21.6 Å². The molecule has 0 bridgehead atoms. The second-order valence-electron chi connectivity index (χ2n) is 5.61. The standard InChI is InChI=1S/C17H14FN5OS/c1-10(11-5-7-14(24)8-6-11)15-20-21-17-23(15)22-16(25-17)19-13-4-2-3-12(18)9-13/h2-10,24H,1H3,(H,19,22). The van der Waals surface area contributed by atoms with Gasteiger partial charge in [0.1, 0.15) is 11.6 Å². The lowest BCUT2D eigenvalue weighted by atomic mass is 10.0. The van der Waals surface area contributed by atoms with Gasteiger partial charge in [-0.15, -0.1) is 15.3 Å². The Bertz CT molecular complexity index is 1030. The summed E-state index contributed by atoms with van der Waals surface area (Å²) in [4.78, 5) is 0.652. The number of halogens is 1. The number of nitrogens with zero attached hydrogens (tertiary/aromatic N) is 4. The van der Waals surface area contributed by atoms with Gasteiger partial charge in [-0.1, -0.05) is 36.5 Å². The molecule has 0 saturated carbocycles. The van der Waals surface area contributed by atoms with Crippen molar-refractivity contribution in [1.82, 2.24) is 19.8 Å². The van der Waals surface area contributed by atoms with Gasteiger partial charge >= 0.3 is 0 Å². The van der Waals surface area contributed by atoms with Gasteiger partial charge in [0, 0.05) is 11.6 Å². The van der Waals surface area contributed by atoms with Gasteiger partial charge in [-0.2, -0.15) is 4.52 Å². The van der Waals surface area contributed by atoms with Crippen molar-refractivity contribution in [2.75, 3.05) is 5.32 Å². The molecule has 4 rings (SSSR count). The fourth-order valence-electron chi connectivity index (χ4n) is 2.55. The zero-order valence-corrected chi connectivity index (χ0v) is 14.0. The number of nitrogens with one attached hydrogen (secondary N) is 1. The van der Waals surface area contributed by atoms with E-state index in [1.165, 1.54) is 23.5 Å². The summed E-state index contributed by atoms with van der Waals surface area (Å²) in [5, 5.41) is 26.0. The predicted molar refractivity (Wildman–Crippen MR) is 94.0 cm³/mol. The molecule has 2 N–H and O–H groups in total. The second kappa shape index (κ2) is 6.14. The van der Waals surface area contributed by atoms with Crippen molar-refractivity contribution in [3.8, 4) is 5.75 Å². The number of hydrogen-bond donors (Lipinski definition) is 2. The number of fused-ring (bicyclic) bond motifs is 1. The summed E-state index contributed by atoms with van der Waals surface area (Å²) in [5.41, 5.74) is 1.62. The van der Waals surface area contributed by atoms with Crippen molar-refractivity contribution >= 4 is 27.1 Å². The Morgan fingerprint density at radius 3 is 2.72 bits per heavy atom. The van der Waals surface area contributed by atoms with E-state index in [1.54, 1.807) is 28.8 Å². The average Bonchev–Trinajstić information content (AvgIpc) is 3.15. The Balaban J connectivity index is 1.65. The molecular weight excluding hydrogens is 341 g/mol. The van der Waals surface area contributed by atoms with Crippen LogP contribution in [0, 0.1) is 5.82 Å². The smallest absolute Gasteiger partial charge is 0.236 e. The number of hydrogen-bond acceptors (Lipinski definition) is 6. The molecular formula is C17H14FN5OS. The molecule has 4 aromatic rings. The number of benzene rings is 2. The third-order valence-electron chi connectivity index (χ3n) is 3.87. The van der Waals surface area contributed by atoms with Crippen LogP contribution in [0.25, 0.3) is 4.96 Å². The van der Waals surface area contributed by atoms with Crippen LogP contribution in [0.2, 0.25) is 0 Å². The summed E-state index contributed by atoms with van der Waals surface area (Å²) in [6.45, 7) is 2.00. The predicted octanol–water partition coefficient (Wildman–Crippen LogP) is 3.93. The van der Waals surface area contributed by atoms with Crippen LogP contribution < -0.4 is 5.32 Å². The first-order valence-corrected chi connectivity index (χ1v) is 8.45. The summed E-state index contributed by atoms with van der Waals surface area (Å²) in [7, 11) is 0. The molecule has 0 aliphatic carbocycles. The van der Waals surface area contributed by atoms with E-state index in [4.69, 9.17) is 0 Å². The van der Waals surface area contributed by atoms with Crippen LogP contribution in [0.5, 0.6) is 5.75 Å². The molecule has 0 spiro atoms. The molecule has 6 nitrogen and oxygen atoms in total. The molecule has 0 amide bonds. The minimum absolute atomic E-state index is 0.0419. The van der Waals surface area contributed by atoms with E-state index in [2.05, 4.69) is 20.6 Å². The molecule has 1 atom stereocenters. The number of phenols is 1. The normalized spacial score (nSPS) is 12.4. The van der Waals surface area contributed by atoms with Crippen molar-refractivity contribution in [2.45, 2.75) is 12.8 Å². The maximum absolute atomic E-state index is 13.3. The lowest BCUT2D eigenvalue weighted by Gasteiger charge is -2.08. The minimum atomic E-state index is -0.311. The van der Waals surface area contributed by atoms with Crippen LogP contribution in [0.15, 0.2) is 48.5 Å². The van der Waals surface area contributed by atoms with Gasteiger partial charge in [0.25, 0.3) is 0 Å². The van der Waals surface area contributed by atoms with E-state index in [1.807, 2.05) is 19.1 Å². The highest BCUT2D eigenvalue weighted by Gasteiger charge is 2.19. The SMILES string of the molecule is CC(c1ccc(O)cc1)c1nnc2sc(Nc3cccc(F)c3)nn12. The van der Waals surface area contributed by atoms with E-state index in [-0.39, 0.29) is 17.5 Å². The van der Waals surface area contributed by atoms with Crippen LogP contribution in [-0.2, 0) is 0 Å². The van der Waals surface area contributed by atoms with Crippen molar-refractivity contribution < 1.29 is 9.50 Å². The lowest BCUT2D eigenvalue weighted by Crippen LogP contribution is -2.03. The summed E-state index contributed by atoms with van der Waals surface area (Å²) in [6, 6.07) is 13.2. The first kappa shape index (κ1) is 15.5. The van der Waals surface area contributed by atoms with E-state index in [0.717, 1.165) is 5.56 Å². The first-order chi connectivity index (χ1) is 12.1.